The summed E-state index contributed by atoms with van der Waals surface area (Å²) in [4.78, 5) is 63.8. The number of nitro groups is 2. The van der Waals surface area contributed by atoms with Gasteiger partial charge in [0.05, 0.1) is 42.7 Å². The second-order valence-electron chi connectivity index (χ2n) is 13.6. The first-order valence-corrected chi connectivity index (χ1v) is 19.6. The van der Waals surface area contributed by atoms with Crippen molar-refractivity contribution in [3.8, 4) is 11.4 Å². The first-order chi connectivity index (χ1) is 29.8. The molecule has 64 heavy (non-hydrogen) atoms. The van der Waals surface area contributed by atoms with Gasteiger partial charge in [-0.3, -0.25) is 39.0 Å². The molecular weight excluding hydrogens is 891 g/mol. The molecule has 0 aliphatic heterocycles. The summed E-state index contributed by atoms with van der Waals surface area (Å²) in [5.74, 6) is -0.334. The number of nitrogens with zero attached hydrogens (tertiary/aromatic N) is 8. The highest BCUT2D eigenvalue weighted by Crippen LogP contribution is 2.34. The van der Waals surface area contributed by atoms with Gasteiger partial charge in [-0.1, -0.05) is 95.5 Å². The minimum Gasteiger partial charge on any atom is -0.412 e. The zero-order valence-electron chi connectivity index (χ0n) is 33.6. The van der Waals surface area contributed by atoms with E-state index in [4.69, 9.17) is 40.5 Å². The lowest BCUT2D eigenvalue weighted by molar-refractivity contribution is -0.384. The average Bonchev–Trinajstić information content (AvgIpc) is 3.24. The minimum absolute atomic E-state index is 0. The number of benzene rings is 4. The Morgan fingerprint density at radius 2 is 1.02 bits per heavy atom. The third-order valence-corrected chi connectivity index (χ3v) is 10.6. The molecule has 0 bridgehead atoms. The van der Waals surface area contributed by atoms with E-state index in [1.807, 2.05) is 48.5 Å². The number of nitrogens with two attached hydrogens (primary N) is 1. The fourth-order valence-corrected chi connectivity index (χ4v) is 7.59. The third kappa shape index (κ3) is 9.43. The number of para-hydroxylation sites is 2. The lowest BCUT2D eigenvalue weighted by atomic mass is 10.1. The number of nitrogens with one attached hydrogen (secondary N) is 2. The Labute approximate surface area is 377 Å². The molecule has 0 fully saturated rings. The van der Waals surface area contributed by atoms with Crippen molar-refractivity contribution in [2.45, 2.75) is 25.9 Å². The maximum absolute atomic E-state index is 13.5. The van der Waals surface area contributed by atoms with Crippen LogP contribution in [0.2, 0.25) is 15.2 Å². The number of rotatable bonds is 10. The van der Waals surface area contributed by atoms with Crippen molar-refractivity contribution in [2.75, 3.05) is 16.4 Å². The Morgan fingerprint density at radius 1 is 0.609 bits per heavy atom. The molecule has 0 aliphatic rings. The summed E-state index contributed by atoms with van der Waals surface area (Å²) in [7, 11) is 0. The van der Waals surface area contributed by atoms with E-state index in [-0.39, 0.29) is 45.4 Å². The molecule has 4 heterocycles. The molecular formula is C42H37Cl3N12O7. The first kappa shape index (κ1) is 47.5. The van der Waals surface area contributed by atoms with Gasteiger partial charge in [0.2, 0.25) is 22.6 Å². The summed E-state index contributed by atoms with van der Waals surface area (Å²) in [5, 5.41) is 31.4. The molecule has 9 N–H and O–H groups in total. The van der Waals surface area contributed by atoms with E-state index in [2.05, 4.69) is 30.6 Å². The number of aromatic nitrogens is 6. The van der Waals surface area contributed by atoms with Gasteiger partial charge in [-0.15, -0.1) is 0 Å². The van der Waals surface area contributed by atoms with Crippen molar-refractivity contribution in [1.82, 2.24) is 35.2 Å². The number of hydrogen-bond donors (Lipinski definition) is 4. The number of nitrogen functional groups attached to an aromatic ring is 1. The summed E-state index contributed by atoms with van der Waals surface area (Å²) in [6.07, 6.45) is 2.27. The van der Waals surface area contributed by atoms with Crippen LogP contribution in [0.15, 0.2) is 131 Å². The molecule has 8 rings (SSSR count). The molecule has 0 unspecified atom stereocenters. The largest absolute Gasteiger partial charge is 0.412 e. The van der Waals surface area contributed by atoms with E-state index in [1.165, 1.54) is 9.13 Å². The summed E-state index contributed by atoms with van der Waals surface area (Å²) < 4.78 is 3.06. The van der Waals surface area contributed by atoms with Crippen molar-refractivity contribution in [3.63, 3.8) is 0 Å². The Hall–Kier alpha value is -7.55. The molecule has 0 spiro atoms. The van der Waals surface area contributed by atoms with Crippen LogP contribution in [-0.2, 0) is 0 Å². The predicted octanol–water partition coefficient (Wildman–Crippen LogP) is 8.60. The van der Waals surface area contributed by atoms with Crippen molar-refractivity contribution >= 4 is 85.2 Å². The van der Waals surface area contributed by atoms with Crippen LogP contribution >= 0.6 is 34.8 Å². The van der Waals surface area contributed by atoms with E-state index < -0.39 is 33.3 Å². The number of halogens is 3. The molecule has 0 aliphatic carbocycles. The third-order valence-electron chi connectivity index (χ3n) is 9.66. The number of hydrogen-bond acceptors (Lipinski definition) is 14. The van der Waals surface area contributed by atoms with E-state index in [9.17, 15) is 29.8 Å². The highest BCUT2D eigenvalue weighted by molar-refractivity contribution is 6.36. The van der Waals surface area contributed by atoms with Crippen molar-refractivity contribution in [2.24, 2.45) is 0 Å². The molecule has 4 aromatic heterocycles. The minimum atomic E-state index is -0.651. The van der Waals surface area contributed by atoms with Gasteiger partial charge in [0.1, 0.15) is 12.7 Å². The van der Waals surface area contributed by atoms with Crippen molar-refractivity contribution in [1.29, 1.82) is 0 Å². The summed E-state index contributed by atoms with van der Waals surface area (Å²) >= 11 is 18.5. The van der Waals surface area contributed by atoms with Gasteiger partial charge in [0.25, 0.3) is 11.1 Å². The number of pyridine rings is 2. The van der Waals surface area contributed by atoms with Crippen LogP contribution in [0.25, 0.3) is 32.9 Å². The molecule has 0 amide bonds. The Morgan fingerprint density at radius 3 is 1.44 bits per heavy atom. The van der Waals surface area contributed by atoms with Crippen molar-refractivity contribution < 1.29 is 15.3 Å². The summed E-state index contributed by atoms with van der Waals surface area (Å²) in [6.45, 7) is 3.54. The van der Waals surface area contributed by atoms with Crippen LogP contribution in [-0.4, -0.2) is 44.4 Å². The normalized spacial score (nSPS) is 11.6. The zero-order valence-corrected chi connectivity index (χ0v) is 35.9. The number of fused-ring (bicyclic) bond motifs is 2. The Balaban J connectivity index is 0.000000234. The first-order valence-electron chi connectivity index (χ1n) is 18.5. The summed E-state index contributed by atoms with van der Waals surface area (Å²) in [5.41, 5.74) is 6.61. The van der Waals surface area contributed by atoms with Crippen LogP contribution in [0.1, 0.15) is 37.3 Å². The maximum atomic E-state index is 13.5. The van der Waals surface area contributed by atoms with E-state index in [0.29, 0.717) is 54.4 Å². The molecule has 2 atom stereocenters. The second kappa shape index (κ2) is 20.1. The van der Waals surface area contributed by atoms with E-state index in [0.717, 1.165) is 12.7 Å². The SMILES string of the molecule is C[C@H](Nc1ncnc(Cl)c1[N+](=O)[O-])c1cc2cccc(Cl)c2c(=O)n1-c1ccccc1.C[C@H](Nc1ncnc(N)c1[N+](=O)[O-])c1cc2cccc(Cl)c2c(=O)n1-c1ccccc1.N.O. The highest BCUT2D eigenvalue weighted by atomic mass is 35.5. The topological polar surface area (TPSA) is 298 Å². The monoisotopic (exact) mass is 926 g/mol. The van der Waals surface area contributed by atoms with Crippen LogP contribution in [0, 0.1) is 20.2 Å². The molecule has 328 valence electrons. The predicted molar refractivity (Wildman–Crippen MR) is 249 cm³/mol. The number of anilines is 3. The Kier molecular flexibility index (Phi) is 14.9. The summed E-state index contributed by atoms with van der Waals surface area (Å²) in [6, 6.07) is 31.1. The van der Waals surface area contributed by atoms with Crippen LogP contribution in [0.3, 0.4) is 0 Å². The zero-order chi connectivity index (χ0) is 44.2. The van der Waals surface area contributed by atoms with Crippen LogP contribution < -0.4 is 33.6 Å². The van der Waals surface area contributed by atoms with Gasteiger partial charge < -0.3 is 28.0 Å². The average molecular weight is 928 g/mol. The lowest BCUT2D eigenvalue weighted by Crippen LogP contribution is -2.26. The van der Waals surface area contributed by atoms with E-state index in [1.54, 1.807) is 74.5 Å². The van der Waals surface area contributed by atoms with Crippen LogP contribution in [0.5, 0.6) is 0 Å². The standard InChI is InChI=1S/C21H15Cl2N5O3.C21H17ClN6O3.H3N.H2O/c2*1-12(26-20-18(28(30)31)19(23)24-11-25-20)16-10-13-6-5-9-15(22)17(13)21(29)27(16)14-7-3-2-4-8-14;;/h2-12H,1H3,(H,24,25,26);2-12H,1H3,(H3,23,24,25,26);1H3;1H2/t2*12-;;/m00../s1. The van der Waals surface area contributed by atoms with E-state index >= 15 is 0 Å². The lowest BCUT2D eigenvalue weighted by Gasteiger charge is -2.21. The smallest absolute Gasteiger partial charge is 0.353 e. The van der Waals surface area contributed by atoms with Gasteiger partial charge in [0.15, 0.2) is 0 Å². The van der Waals surface area contributed by atoms with Crippen LogP contribution in [0.4, 0.5) is 28.8 Å². The van der Waals surface area contributed by atoms with Gasteiger partial charge in [0, 0.05) is 22.8 Å². The van der Waals surface area contributed by atoms with Gasteiger partial charge in [-0.25, -0.2) is 19.9 Å². The molecule has 0 saturated heterocycles. The van der Waals surface area contributed by atoms with Gasteiger partial charge in [-0.2, -0.15) is 0 Å². The maximum Gasteiger partial charge on any atom is 0.353 e. The fourth-order valence-electron chi connectivity index (χ4n) is 6.86. The highest BCUT2D eigenvalue weighted by Gasteiger charge is 2.27. The molecule has 22 heteroatoms. The Bertz CT molecular complexity index is 2930. The molecule has 19 nitrogen and oxygen atoms in total. The second-order valence-corrected chi connectivity index (χ2v) is 14.7. The molecule has 8 aromatic rings. The molecule has 0 saturated carbocycles. The van der Waals surface area contributed by atoms with Gasteiger partial charge >= 0.3 is 11.4 Å². The molecule has 0 radical (unpaired) electrons. The van der Waals surface area contributed by atoms with Gasteiger partial charge in [-0.05, 0) is 73.2 Å². The molecule has 4 aromatic carbocycles. The quantitative estimate of drug-likeness (QED) is 0.0567. The van der Waals surface area contributed by atoms with Crippen molar-refractivity contribution in [3.05, 3.63) is 189 Å². The fraction of sp³-hybridized carbons (Fsp3) is 0.0952.